The Labute approximate surface area is 100.0 Å². The summed E-state index contributed by atoms with van der Waals surface area (Å²) in [7, 11) is 6.75. The van der Waals surface area contributed by atoms with Gasteiger partial charge in [0.25, 0.3) is 0 Å². The van der Waals surface area contributed by atoms with Crippen LogP contribution in [0, 0.1) is 0 Å². The predicted molar refractivity (Wildman–Crippen MR) is 72.2 cm³/mol. The van der Waals surface area contributed by atoms with E-state index >= 15 is 0 Å². The Morgan fingerprint density at radius 3 is 2.31 bits per heavy atom. The average Bonchev–Trinajstić information content (AvgIpc) is 2.23. The van der Waals surface area contributed by atoms with Gasteiger partial charge < -0.3 is 4.48 Å². The molecule has 0 fully saturated rings. The number of hydrogen-bond donors (Lipinski definition) is 0. The SMILES string of the molecule is C[N+](C)(C)CCCCC=Cc1ccccc1. The Morgan fingerprint density at radius 1 is 1.00 bits per heavy atom. The summed E-state index contributed by atoms with van der Waals surface area (Å²) >= 11 is 0. The second kappa shape index (κ2) is 6.49. The van der Waals surface area contributed by atoms with Crippen molar-refractivity contribution in [3.05, 3.63) is 42.0 Å². The number of hydrogen-bond acceptors (Lipinski definition) is 0. The molecule has 0 unspecified atom stereocenters. The number of allylic oxidation sites excluding steroid dienone is 1. The summed E-state index contributed by atoms with van der Waals surface area (Å²) in [6.07, 6.45) is 8.29. The molecule has 1 aromatic rings. The Bertz CT molecular complexity index is 306. The van der Waals surface area contributed by atoms with Crippen LogP contribution in [0.25, 0.3) is 6.08 Å². The van der Waals surface area contributed by atoms with E-state index < -0.39 is 0 Å². The third kappa shape index (κ3) is 6.41. The smallest absolute Gasteiger partial charge is 0.0780 e. The van der Waals surface area contributed by atoms with Crippen LogP contribution in [0.15, 0.2) is 36.4 Å². The molecule has 0 heterocycles. The molecule has 0 atom stereocenters. The van der Waals surface area contributed by atoms with Crippen LogP contribution in [0.3, 0.4) is 0 Å². The van der Waals surface area contributed by atoms with Gasteiger partial charge in [0, 0.05) is 0 Å². The third-order valence-electron chi connectivity index (χ3n) is 2.56. The number of unbranched alkanes of at least 4 members (excludes halogenated alkanes) is 2. The van der Waals surface area contributed by atoms with Gasteiger partial charge in [0.2, 0.25) is 0 Å². The highest BCUT2D eigenvalue weighted by Gasteiger charge is 2.04. The zero-order valence-corrected chi connectivity index (χ0v) is 10.8. The summed E-state index contributed by atoms with van der Waals surface area (Å²) in [5, 5.41) is 0. The van der Waals surface area contributed by atoms with Crippen molar-refractivity contribution >= 4 is 6.08 Å². The van der Waals surface area contributed by atoms with Crippen LogP contribution >= 0.6 is 0 Å². The first kappa shape index (κ1) is 13.0. The van der Waals surface area contributed by atoms with Gasteiger partial charge in [-0.15, -0.1) is 0 Å². The number of quaternary nitrogens is 1. The number of rotatable bonds is 6. The van der Waals surface area contributed by atoms with Crippen LogP contribution in [0.1, 0.15) is 24.8 Å². The second-order valence-corrected chi connectivity index (χ2v) is 5.32. The van der Waals surface area contributed by atoms with Crippen molar-refractivity contribution in [3.63, 3.8) is 0 Å². The Balaban J connectivity index is 2.14. The van der Waals surface area contributed by atoms with Gasteiger partial charge in [0.1, 0.15) is 0 Å². The summed E-state index contributed by atoms with van der Waals surface area (Å²) in [4.78, 5) is 0. The van der Waals surface area contributed by atoms with Crippen LogP contribution in [-0.2, 0) is 0 Å². The highest BCUT2D eigenvalue weighted by molar-refractivity contribution is 5.48. The lowest BCUT2D eigenvalue weighted by Crippen LogP contribution is -2.35. The fraction of sp³-hybridized carbons (Fsp3) is 0.467. The standard InChI is InChI=1S/C15H24N/c1-16(2,3)14-10-5-4-7-11-15-12-8-6-9-13-15/h6-9,11-13H,4-5,10,14H2,1-3H3/q+1. The van der Waals surface area contributed by atoms with Crippen molar-refractivity contribution in [1.82, 2.24) is 0 Å². The molecular formula is C15H24N+. The largest absolute Gasteiger partial charge is 0.331 e. The molecule has 0 saturated carbocycles. The summed E-state index contributed by atoms with van der Waals surface area (Å²) in [5.74, 6) is 0. The molecule has 0 aliphatic carbocycles. The van der Waals surface area contributed by atoms with Gasteiger partial charge in [0.05, 0.1) is 27.7 Å². The van der Waals surface area contributed by atoms with Gasteiger partial charge in [-0.2, -0.15) is 0 Å². The van der Waals surface area contributed by atoms with Crippen molar-refractivity contribution in [2.24, 2.45) is 0 Å². The molecule has 1 aromatic carbocycles. The van der Waals surface area contributed by atoms with E-state index in [1.54, 1.807) is 0 Å². The lowest BCUT2D eigenvalue weighted by molar-refractivity contribution is -0.870. The van der Waals surface area contributed by atoms with E-state index in [0.717, 1.165) is 4.48 Å². The van der Waals surface area contributed by atoms with Crippen LogP contribution in [0.2, 0.25) is 0 Å². The van der Waals surface area contributed by atoms with Gasteiger partial charge in [-0.05, 0) is 24.8 Å². The predicted octanol–water partition coefficient (Wildman–Crippen LogP) is 3.58. The van der Waals surface area contributed by atoms with Gasteiger partial charge in [-0.3, -0.25) is 0 Å². The molecule has 88 valence electrons. The van der Waals surface area contributed by atoms with E-state index in [1.165, 1.54) is 31.4 Å². The highest BCUT2D eigenvalue weighted by Crippen LogP contribution is 2.05. The van der Waals surface area contributed by atoms with Gasteiger partial charge in [-0.25, -0.2) is 0 Å². The topological polar surface area (TPSA) is 0 Å². The van der Waals surface area contributed by atoms with Gasteiger partial charge in [-0.1, -0.05) is 42.5 Å². The fourth-order valence-electron chi connectivity index (χ4n) is 1.63. The summed E-state index contributed by atoms with van der Waals surface area (Å²) in [6.45, 7) is 1.26. The minimum Gasteiger partial charge on any atom is -0.331 e. The lowest BCUT2D eigenvalue weighted by atomic mass is 10.1. The minimum absolute atomic E-state index is 1.07. The highest BCUT2D eigenvalue weighted by atomic mass is 15.3. The molecule has 1 heteroatoms. The average molecular weight is 218 g/mol. The first-order valence-corrected chi connectivity index (χ1v) is 6.10. The Kier molecular flexibility index (Phi) is 5.27. The molecule has 1 nitrogen and oxygen atoms in total. The van der Waals surface area contributed by atoms with Gasteiger partial charge >= 0.3 is 0 Å². The summed E-state index contributed by atoms with van der Waals surface area (Å²) in [6, 6.07) is 10.5. The van der Waals surface area contributed by atoms with E-state index in [0.29, 0.717) is 0 Å². The van der Waals surface area contributed by atoms with Crippen LogP contribution in [0.5, 0.6) is 0 Å². The fourth-order valence-corrected chi connectivity index (χ4v) is 1.63. The molecule has 16 heavy (non-hydrogen) atoms. The quantitative estimate of drug-likeness (QED) is 0.506. The van der Waals surface area contributed by atoms with Crippen LogP contribution < -0.4 is 0 Å². The maximum Gasteiger partial charge on any atom is 0.0780 e. The van der Waals surface area contributed by atoms with E-state index in [2.05, 4.69) is 63.6 Å². The van der Waals surface area contributed by atoms with E-state index in [-0.39, 0.29) is 0 Å². The molecule has 0 aromatic heterocycles. The summed E-state index contributed by atoms with van der Waals surface area (Å²) in [5.41, 5.74) is 1.30. The molecule has 0 amide bonds. The zero-order chi connectivity index (χ0) is 11.9. The lowest BCUT2D eigenvalue weighted by Gasteiger charge is -2.23. The van der Waals surface area contributed by atoms with E-state index in [1.807, 2.05) is 0 Å². The number of benzene rings is 1. The van der Waals surface area contributed by atoms with Crippen LogP contribution in [0.4, 0.5) is 0 Å². The molecule has 0 bridgehead atoms. The minimum atomic E-state index is 1.07. The summed E-state index contributed by atoms with van der Waals surface area (Å²) < 4.78 is 1.07. The monoisotopic (exact) mass is 218 g/mol. The van der Waals surface area contributed by atoms with Crippen molar-refractivity contribution in [2.45, 2.75) is 19.3 Å². The van der Waals surface area contributed by atoms with Gasteiger partial charge in [0.15, 0.2) is 0 Å². The third-order valence-corrected chi connectivity index (χ3v) is 2.56. The molecule has 0 radical (unpaired) electrons. The second-order valence-electron chi connectivity index (χ2n) is 5.32. The Hall–Kier alpha value is -1.08. The zero-order valence-electron chi connectivity index (χ0n) is 10.8. The van der Waals surface area contributed by atoms with Crippen molar-refractivity contribution in [1.29, 1.82) is 0 Å². The number of nitrogens with zero attached hydrogens (tertiary/aromatic N) is 1. The van der Waals surface area contributed by atoms with Crippen LogP contribution in [-0.4, -0.2) is 32.2 Å². The Morgan fingerprint density at radius 2 is 1.69 bits per heavy atom. The maximum atomic E-state index is 2.28. The molecule has 0 saturated heterocycles. The van der Waals surface area contributed by atoms with E-state index in [4.69, 9.17) is 0 Å². The first-order valence-electron chi connectivity index (χ1n) is 6.10. The van der Waals surface area contributed by atoms with Crippen molar-refractivity contribution < 1.29 is 4.48 Å². The van der Waals surface area contributed by atoms with E-state index in [9.17, 15) is 0 Å². The van der Waals surface area contributed by atoms with Crippen molar-refractivity contribution in [3.8, 4) is 0 Å². The van der Waals surface area contributed by atoms with Crippen molar-refractivity contribution in [2.75, 3.05) is 27.7 Å². The molecule has 0 aliphatic rings. The molecule has 0 N–H and O–H groups in total. The molecule has 0 spiro atoms. The maximum absolute atomic E-state index is 2.28. The molecule has 1 rings (SSSR count). The molecule has 0 aliphatic heterocycles. The normalized spacial score (nSPS) is 12.2. The first-order chi connectivity index (χ1) is 7.58. The molecular weight excluding hydrogens is 194 g/mol.